The Balaban J connectivity index is 2.03. The smallest absolute Gasteiger partial charge is 0.257 e. The molecular weight excluding hydrogens is 349 g/mol. The summed E-state index contributed by atoms with van der Waals surface area (Å²) in [7, 11) is 0. The third-order valence-corrected chi connectivity index (χ3v) is 3.58. The number of nitrogens with one attached hydrogen (secondary N) is 1. The summed E-state index contributed by atoms with van der Waals surface area (Å²) in [6, 6.07) is 9.29. The Kier molecular flexibility index (Phi) is 3.85. The summed E-state index contributed by atoms with van der Waals surface area (Å²) in [5, 5.41) is 3.18. The molecule has 1 amide bonds. The molecule has 2 heterocycles. The molecule has 22 heavy (non-hydrogen) atoms. The van der Waals surface area contributed by atoms with Crippen molar-refractivity contribution < 1.29 is 9.18 Å². The maximum Gasteiger partial charge on any atom is 0.257 e. The van der Waals surface area contributed by atoms with Gasteiger partial charge in [0.2, 0.25) is 0 Å². The molecule has 4 nitrogen and oxygen atoms in total. The van der Waals surface area contributed by atoms with Crippen LogP contribution < -0.4 is 5.32 Å². The predicted octanol–water partition coefficient (Wildman–Crippen LogP) is 4.09. The first-order valence-electron chi connectivity index (χ1n) is 6.53. The number of rotatable bonds is 2. The quantitative estimate of drug-likeness (QED) is 0.749. The summed E-state index contributed by atoms with van der Waals surface area (Å²) in [6.07, 6.45) is 1.59. The maximum absolute atomic E-state index is 13.5. The van der Waals surface area contributed by atoms with E-state index in [1.807, 2.05) is 0 Å². The summed E-state index contributed by atoms with van der Waals surface area (Å²) in [5.74, 6) is -0.336. The van der Waals surface area contributed by atoms with E-state index in [1.165, 1.54) is 12.1 Å². The van der Waals surface area contributed by atoms with Crippen LogP contribution in [-0.2, 0) is 0 Å². The fourth-order valence-electron chi connectivity index (χ4n) is 2.15. The van der Waals surface area contributed by atoms with Crippen LogP contribution in [0, 0.1) is 12.7 Å². The van der Waals surface area contributed by atoms with Gasteiger partial charge in [0.15, 0.2) is 0 Å². The van der Waals surface area contributed by atoms with Crippen LogP contribution >= 0.6 is 15.9 Å². The number of hydrogen-bond donors (Lipinski definition) is 1. The number of aryl methyl sites for hydroxylation is 1. The molecule has 0 bridgehead atoms. The highest BCUT2D eigenvalue weighted by Crippen LogP contribution is 2.21. The molecule has 6 heteroatoms. The fraction of sp³-hybridized carbons (Fsp3) is 0.0625. The highest BCUT2D eigenvalue weighted by molar-refractivity contribution is 9.10. The van der Waals surface area contributed by atoms with E-state index in [2.05, 4.69) is 31.2 Å². The molecule has 0 unspecified atom stereocenters. The molecule has 3 aromatic rings. The molecule has 0 saturated carbocycles. The molecule has 0 aliphatic heterocycles. The number of aromatic nitrogens is 2. The van der Waals surface area contributed by atoms with Crippen LogP contribution in [0.5, 0.6) is 0 Å². The van der Waals surface area contributed by atoms with Gasteiger partial charge < -0.3 is 5.32 Å². The average Bonchev–Trinajstić information content (AvgIpc) is 2.49. The van der Waals surface area contributed by atoms with E-state index in [9.17, 15) is 9.18 Å². The number of fused-ring (bicyclic) bond motifs is 1. The van der Waals surface area contributed by atoms with Gasteiger partial charge in [0.1, 0.15) is 11.6 Å². The molecule has 0 fully saturated rings. The van der Waals surface area contributed by atoms with E-state index >= 15 is 0 Å². The second-order valence-electron chi connectivity index (χ2n) is 4.79. The van der Waals surface area contributed by atoms with Crippen molar-refractivity contribution in [1.82, 2.24) is 9.97 Å². The molecule has 0 aliphatic carbocycles. The Hall–Kier alpha value is -2.34. The molecule has 0 atom stereocenters. The summed E-state index contributed by atoms with van der Waals surface area (Å²) in [5.41, 5.74) is 1.63. The molecule has 2 aromatic heterocycles. The summed E-state index contributed by atoms with van der Waals surface area (Å²) in [6.45, 7) is 1.79. The van der Waals surface area contributed by atoms with E-state index < -0.39 is 5.82 Å². The number of hydrogen-bond acceptors (Lipinski definition) is 3. The van der Waals surface area contributed by atoms with Crippen LogP contribution in [-0.4, -0.2) is 15.9 Å². The number of benzene rings is 1. The van der Waals surface area contributed by atoms with Gasteiger partial charge in [-0.2, -0.15) is 0 Å². The molecule has 3 rings (SSSR count). The Morgan fingerprint density at radius 1 is 1.23 bits per heavy atom. The molecule has 1 N–H and O–H groups in total. The van der Waals surface area contributed by atoms with E-state index in [0.29, 0.717) is 28.0 Å². The number of anilines is 1. The Labute approximate surface area is 134 Å². The van der Waals surface area contributed by atoms with Crippen LogP contribution in [0.15, 0.2) is 47.1 Å². The van der Waals surface area contributed by atoms with E-state index in [0.717, 1.165) is 4.47 Å². The largest absolute Gasteiger partial charge is 0.307 e. The van der Waals surface area contributed by atoms with Gasteiger partial charge in [0, 0.05) is 21.7 Å². The van der Waals surface area contributed by atoms with Gasteiger partial charge in [0.25, 0.3) is 5.91 Å². The van der Waals surface area contributed by atoms with Gasteiger partial charge >= 0.3 is 0 Å². The van der Waals surface area contributed by atoms with Crippen molar-refractivity contribution >= 4 is 38.6 Å². The Morgan fingerprint density at radius 2 is 2.05 bits per heavy atom. The van der Waals surface area contributed by atoms with Gasteiger partial charge in [0.05, 0.1) is 11.1 Å². The number of halogens is 2. The number of nitrogens with zero attached hydrogens (tertiary/aromatic N) is 2. The minimum absolute atomic E-state index is 0.351. The fourth-order valence-corrected chi connectivity index (χ4v) is 2.39. The van der Waals surface area contributed by atoms with E-state index in [1.54, 1.807) is 37.4 Å². The van der Waals surface area contributed by atoms with Crippen molar-refractivity contribution in [2.45, 2.75) is 6.92 Å². The van der Waals surface area contributed by atoms with Crippen molar-refractivity contribution in [2.24, 2.45) is 0 Å². The van der Waals surface area contributed by atoms with Crippen LogP contribution in [0.4, 0.5) is 10.2 Å². The van der Waals surface area contributed by atoms with E-state index in [-0.39, 0.29) is 5.91 Å². The van der Waals surface area contributed by atoms with Gasteiger partial charge in [-0.15, -0.1) is 0 Å². The minimum Gasteiger partial charge on any atom is -0.307 e. The highest BCUT2D eigenvalue weighted by Gasteiger charge is 2.13. The molecule has 0 radical (unpaired) electrons. The van der Waals surface area contributed by atoms with Gasteiger partial charge in [-0.3, -0.25) is 9.78 Å². The standard InChI is InChI=1S/C16H11BrFN3O/c1-9-6-13(12-7-11(18)3-4-14(12)20-9)16(22)21-15-5-2-10(17)8-19-15/h2-8H,1H3,(H,19,21,22). The van der Waals surface area contributed by atoms with Crippen molar-refractivity contribution in [3.63, 3.8) is 0 Å². The lowest BCUT2D eigenvalue weighted by molar-refractivity contribution is 0.102. The molecule has 110 valence electrons. The number of carbonyl (C=O) groups is 1. The zero-order valence-electron chi connectivity index (χ0n) is 11.6. The molecular formula is C16H11BrFN3O. The van der Waals surface area contributed by atoms with Crippen LogP contribution in [0.3, 0.4) is 0 Å². The second-order valence-corrected chi connectivity index (χ2v) is 5.70. The monoisotopic (exact) mass is 359 g/mol. The minimum atomic E-state index is -0.408. The van der Waals surface area contributed by atoms with Crippen molar-refractivity contribution in [3.05, 3.63) is 64.1 Å². The Bertz CT molecular complexity index is 865. The highest BCUT2D eigenvalue weighted by atomic mass is 79.9. The number of pyridine rings is 2. The van der Waals surface area contributed by atoms with Crippen molar-refractivity contribution in [1.29, 1.82) is 0 Å². The lowest BCUT2D eigenvalue weighted by Gasteiger charge is -2.09. The Morgan fingerprint density at radius 3 is 2.77 bits per heavy atom. The maximum atomic E-state index is 13.5. The zero-order chi connectivity index (χ0) is 15.7. The lowest BCUT2D eigenvalue weighted by Crippen LogP contribution is -2.14. The summed E-state index contributed by atoms with van der Waals surface area (Å²) >= 11 is 3.28. The summed E-state index contributed by atoms with van der Waals surface area (Å²) < 4.78 is 14.3. The van der Waals surface area contributed by atoms with Crippen molar-refractivity contribution in [2.75, 3.05) is 5.32 Å². The molecule has 0 aliphatic rings. The topological polar surface area (TPSA) is 54.9 Å². The number of amides is 1. The second kappa shape index (κ2) is 5.81. The van der Waals surface area contributed by atoms with Gasteiger partial charge in [-0.05, 0) is 59.3 Å². The van der Waals surface area contributed by atoms with Gasteiger partial charge in [-0.1, -0.05) is 0 Å². The van der Waals surface area contributed by atoms with E-state index in [4.69, 9.17) is 0 Å². The van der Waals surface area contributed by atoms with Crippen LogP contribution in [0.2, 0.25) is 0 Å². The molecule has 1 aromatic carbocycles. The lowest BCUT2D eigenvalue weighted by atomic mass is 10.1. The third-order valence-electron chi connectivity index (χ3n) is 3.11. The first-order valence-corrected chi connectivity index (χ1v) is 7.32. The third kappa shape index (κ3) is 2.96. The van der Waals surface area contributed by atoms with Crippen molar-refractivity contribution in [3.8, 4) is 0 Å². The number of carbonyl (C=O) groups excluding carboxylic acids is 1. The first kappa shape index (κ1) is 14.6. The average molecular weight is 360 g/mol. The zero-order valence-corrected chi connectivity index (χ0v) is 13.2. The molecule has 0 saturated heterocycles. The summed E-state index contributed by atoms with van der Waals surface area (Å²) in [4.78, 5) is 20.9. The molecule has 0 spiro atoms. The van der Waals surface area contributed by atoms with Gasteiger partial charge in [-0.25, -0.2) is 9.37 Å². The normalized spacial score (nSPS) is 10.7. The SMILES string of the molecule is Cc1cc(C(=O)Nc2ccc(Br)cn2)c2cc(F)ccc2n1. The van der Waals surface area contributed by atoms with Crippen LogP contribution in [0.25, 0.3) is 10.9 Å². The first-order chi connectivity index (χ1) is 10.5. The predicted molar refractivity (Wildman–Crippen MR) is 86.3 cm³/mol. The van der Waals surface area contributed by atoms with Crippen LogP contribution in [0.1, 0.15) is 16.1 Å².